The van der Waals surface area contributed by atoms with Gasteiger partial charge in [-0.2, -0.15) is 0 Å². The van der Waals surface area contributed by atoms with Gasteiger partial charge in [0, 0.05) is 13.1 Å². The highest BCUT2D eigenvalue weighted by atomic mass is 16.5. The number of ether oxygens (including phenoxy) is 1. The summed E-state index contributed by atoms with van der Waals surface area (Å²) in [5, 5.41) is 6.17. The molecule has 3 N–H and O–H groups in total. The Morgan fingerprint density at radius 1 is 1.53 bits per heavy atom. The molecule has 0 aliphatic rings. The molecule has 1 aromatic rings. The van der Waals surface area contributed by atoms with Crippen LogP contribution in [0.1, 0.15) is 6.92 Å². The first-order valence-corrected chi connectivity index (χ1v) is 4.85. The van der Waals surface area contributed by atoms with E-state index < -0.39 is 0 Å². The van der Waals surface area contributed by atoms with Gasteiger partial charge in [0.2, 0.25) is 5.75 Å². The minimum atomic E-state index is -0.279. The van der Waals surface area contributed by atoms with Crippen LogP contribution in [0.25, 0.3) is 0 Å². The average molecular weight is 212 g/mol. The third-order valence-electron chi connectivity index (χ3n) is 1.86. The van der Waals surface area contributed by atoms with E-state index in [1.54, 1.807) is 0 Å². The van der Waals surface area contributed by atoms with E-state index in [0.29, 0.717) is 12.4 Å². The Hall–Kier alpha value is -1.56. The highest BCUT2D eigenvalue weighted by Crippen LogP contribution is 2.13. The van der Waals surface area contributed by atoms with Crippen LogP contribution in [0.15, 0.2) is 11.1 Å². The Bertz CT molecular complexity index is 350. The number of aromatic nitrogens is 2. The normalized spacial score (nSPS) is 10.0. The van der Waals surface area contributed by atoms with Crippen LogP contribution in [-0.2, 0) is 0 Å². The third kappa shape index (κ3) is 3.25. The Morgan fingerprint density at radius 3 is 3.00 bits per heavy atom. The monoisotopic (exact) mass is 212 g/mol. The second kappa shape index (κ2) is 6.02. The maximum absolute atomic E-state index is 11.3. The predicted molar refractivity (Wildman–Crippen MR) is 58.4 cm³/mol. The van der Waals surface area contributed by atoms with Crippen molar-refractivity contribution in [2.75, 3.05) is 32.1 Å². The van der Waals surface area contributed by atoms with Crippen LogP contribution >= 0.6 is 0 Å². The van der Waals surface area contributed by atoms with Crippen molar-refractivity contribution in [3.05, 3.63) is 16.7 Å². The number of hydrogen-bond donors (Lipinski definition) is 3. The van der Waals surface area contributed by atoms with E-state index in [2.05, 4.69) is 20.6 Å². The van der Waals surface area contributed by atoms with E-state index in [9.17, 15) is 4.79 Å². The maximum atomic E-state index is 11.3. The minimum absolute atomic E-state index is 0.217. The molecule has 0 bridgehead atoms. The molecule has 0 aliphatic carbocycles. The number of H-pyrrole nitrogens is 1. The lowest BCUT2D eigenvalue weighted by molar-refractivity contribution is 0.408. The van der Waals surface area contributed by atoms with Crippen molar-refractivity contribution in [2.24, 2.45) is 0 Å². The lowest BCUT2D eigenvalue weighted by atomic mass is 10.5. The van der Waals surface area contributed by atoms with Gasteiger partial charge in [0.15, 0.2) is 5.82 Å². The van der Waals surface area contributed by atoms with E-state index in [1.165, 1.54) is 13.4 Å². The number of nitrogens with one attached hydrogen (secondary N) is 3. The molecule has 0 amide bonds. The first kappa shape index (κ1) is 11.5. The highest BCUT2D eigenvalue weighted by Gasteiger charge is 2.07. The smallest absolute Gasteiger partial charge is 0.295 e. The van der Waals surface area contributed by atoms with Gasteiger partial charge < -0.3 is 20.4 Å². The van der Waals surface area contributed by atoms with Crippen LogP contribution in [0.4, 0.5) is 5.82 Å². The second-order valence-corrected chi connectivity index (χ2v) is 2.89. The van der Waals surface area contributed by atoms with Crippen LogP contribution in [-0.4, -0.2) is 36.7 Å². The zero-order valence-corrected chi connectivity index (χ0v) is 8.96. The lowest BCUT2D eigenvalue weighted by Gasteiger charge is -2.08. The third-order valence-corrected chi connectivity index (χ3v) is 1.86. The van der Waals surface area contributed by atoms with Crippen LogP contribution < -0.4 is 20.9 Å². The van der Waals surface area contributed by atoms with E-state index >= 15 is 0 Å². The van der Waals surface area contributed by atoms with E-state index in [4.69, 9.17) is 4.74 Å². The Morgan fingerprint density at radius 2 is 2.33 bits per heavy atom. The topological polar surface area (TPSA) is 79.0 Å². The number of rotatable bonds is 6. The van der Waals surface area contributed by atoms with Crippen molar-refractivity contribution >= 4 is 5.82 Å². The van der Waals surface area contributed by atoms with Crippen LogP contribution in [0.3, 0.4) is 0 Å². The summed E-state index contributed by atoms with van der Waals surface area (Å²) >= 11 is 0. The fourth-order valence-electron chi connectivity index (χ4n) is 1.15. The molecule has 15 heavy (non-hydrogen) atoms. The molecule has 0 unspecified atom stereocenters. The quantitative estimate of drug-likeness (QED) is 0.569. The molecule has 0 atom stereocenters. The van der Waals surface area contributed by atoms with Gasteiger partial charge in [-0.3, -0.25) is 4.79 Å². The summed E-state index contributed by atoms with van der Waals surface area (Å²) in [4.78, 5) is 17.7. The van der Waals surface area contributed by atoms with Gasteiger partial charge in [-0.05, 0) is 6.54 Å². The molecule has 0 aliphatic heterocycles. The highest BCUT2D eigenvalue weighted by molar-refractivity contribution is 5.47. The fourth-order valence-corrected chi connectivity index (χ4v) is 1.15. The van der Waals surface area contributed by atoms with Gasteiger partial charge in [0.25, 0.3) is 5.56 Å². The van der Waals surface area contributed by atoms with Gasteiger partial charge in [-0.15, -0.1) is 0 Å². The van der Waals surface area contributed by atoms with Crippen molar-refractivity contribution in [3.63, 3.8) is 0 Å². The number of methoxy groups -OCH3 is 1. The largest absolute Gasteiger partial charge is 0.489 e. The first-order valence-electron chi connectivity index (χ1n) is 4.85. The van der Waals surface area contributed by atoms with Crippen molar-refractivity contribution in [2.45, 2.75) is 6.92 Å². The standard InChI is InChI=1S/C9H16N4O2/c1-3-10-4-5-11-8-7(15-2)9(14)13-6-12-8/h6,10H,3-5H2,1-2H3,(H2,11,12,13,14). The molecule has 0 saturated heterocycles. The molecule has 0 fully saturated rings. The molecule has 1 heterocycles. The van der Waals surface area contributed by atoms with Gasteiger partial charge >= 0.3 is 0 Å². The fraction of sp³-hybridized carbons (Fsp3) is 0.556. The van der Waals surface area contributed by atoms with Crippen molar-refractivity contribution in [3.8, 4) is 5.75 Å². The number of nitrogens with zero attached hydrogens (tertiary/aromatic N) is 1. The van der Waals surface area contributed by atoms with Crippen molar-refractivity contribution in [1.29, 1.82) is 0 Å². The van der Waals surface area contributed by atoms with Crippen LogP contribution in [0.5, 0.6) is 5.75 Å². The van der Waals surface area contributed by atoms with Crippen molar-refractivity contribution in [1.82, 2.24) is 15.3 Å². The van der Waals surface area contributed by atoms with Gasteiger partial charge in [0.05, 0.1) is 13.4 Å². The van der Waals surface area contributed by atoms with E-state index in [-0.39, 0.29) is 11.3 Å². The van der Waals surface area contributed by atoms with Crippen molar-refractivity contribution < 1.29 is 4.74 Å². The first-order chi connectivity index (χ1) is 7.29. The molecule has 6 heteroatoms. The molecule has 1 rings (SSSR count). The molecule has 0 aromatic carbocycles. The molecular formula is C9H16N4O2. The summed E-state index contributed by atoms with van der Waals surface area (Å²) in [7, 11) is 1.45. The lowest BCUT2D eigenvalue weighted by Crippen LogP contribution is -2.23. The summed E-state index contributed by atoms with van der Waals surface area (Å²) in [6.45, 7) is 4.46. The number of anilines is 1. The summed E-state index contributed by atoms with van der Waals surface area (Å²) in [6, 6.07) is 0. The van der Waals surface area contributed by atoms with Gasteiger partial charge in [-0.25, -0.2) is 4.98 Å². The van der Waals surface area contributed by atoms with Gasteiger partial charge in [-0.1, -0.05) is 6.92 Å². The summed E-state index contributed by atoms with van der Waals surface area (Å²) in [5.74, 6) is 0.688. The molecule has 1 aromatic heterocycles. The average Bonchev–Trinajstić information content (AvgIpc) is 2.24. The molecule has 6 nitrogen and oxygen atoms in total. The SMILES string of the molecule is CCNCCNc1nc[nH]c(=O)c1OC. The molecular weight excluding hydrogens is 196 g/mol. The predicted octanol–water partition coefficient (Wildman–Crippen LogP) is -0.200. The number of aromatic amines is 1. The zero-order chi connectivity index (χ0) is 11.1. The van der Waals surface area contributed by atoms with Crippen LogP contribution in [0.2, 0.25) is 0 Å². The maximum Gasteiger partial charge on any atom is 0.295 e. The Labute approximate surface area is 88.1 Å². The molecule has 0 saturated carbocycles. The summed E-state index contributed by atoms with van der Waals surface area (Å²) in [5.41, 5.74) is -0.279. The Balaban J connectivity index is 2.60. The van der Waals surface area contributed by atoms with Crippen LogP contribution in [0, 0.1) is 0 Å². The van der Waals surface area contributed by atoms with E-state index in [1.807, 2.05) is 6.92 Å². The number of likely N-dealkylation sites (N-methyl/N-ethyl adjacent to an activating group) is 1. The number of hydrogen-bond acceptors (Lipinski definition) is 5. The summed E-state index contributed by atoms with van der Waals surface area (Å²) in [6.07, 6.45) is 1.35. The minimum Gasteiger partial charge on any atom is -0.489 e. The zero-order valence-electron chi connectivity index (χ0n) is 8.96. The molecule has 84 valence electrons. The Kier molecular flexibility index (Phi) is 4.62. The second-order valence-electron chi connectivity index (χ2n) is 2.89. The van der Waals surface area contributed by atoms with Gasteiger partial charge in [0.1, 0.15) is 0 Å². The molecule has 0 radical (unpaired) electrons. The summed E-state index contributed by atoms with van der Waals surface area (Å²) < 4.78 is 4.94. The van der Waals surface area contributed by atoms with E-state index in [0.717, 1.165) is 13.1 Å². The molecule has 0 spiro atoms.